The van der Waals surface area contributed by atoms with Crippen molar-refractivity contribution < 1.29 is 51.1 Å². The maximum Gasteiger partial charge on any atom is 0.469 e. The average molecular weight is 709 g/mol. The molecule has 2 heterocycles. The van der Waals surface area contributed by atoms with Gasteiger partial charge in [0.05, 0.1) is 43.2 Å². The van der Waals surface area contributed by atoms with Crippen LogP contribution in [0.3, 0.4) is 0 Å². The Morgan fingerprint density at radius 3 is 2.62 bits per heavy atom. The van der Waals surface area contributed by atoms with E-state index in [1.54, 1.807) is 25.2 Å². The van der Waals surface area contributed by atoms with Gasteiger partial charge in [-0.1, -0.05) is 24.3 Å². The normalized spacial score (nSPS) is 18.9. The fraction of sp³-hybridized carbons (Fsp3) is 0.355. The van der Waals surface area contributed by atoms with Gasteiger partial charge in [-0.05, 0) is 43.7 Å². The fourth-order valence-corrected chi connectivity index (χ4v) is 6.51. The fourth-order valence-electron chi connectivity index (χ4n) is 4.78. The highest BCUT2D eigenvalue weighted by atomic mass is 32.2. The molecule has 1 saturated heterocycles. The van der Waals surface area contributed by atoms with Gasteiger partial charge in [-0.2, -0.15) is 10.4 Å². The lowest BCUT2D eigenvalue weighted by atomic mass is 9.89. The largest absolute Gasteiger partial charge is 0.469 e. The van der Waals surface area contributed by atoms with Gasteiger partial charge < -0.3 is 24.0 Å². The molecule has 1 aliphatic heterocycles. The first kappa shape index (κ1) is 37.0. The highest BCUT2D eigenvalue weighted by Gasteiger charge is 2.46. The molecule has 0 unspecified atom stereocenters. The molecule has 256 valence electrons. The summed E-state index contributed by atoms with van der Waals surface area (Å²) in [5.74, 6) is -3.15. The number of phosphoric ester groups is 1. The molecule has 2 N–H and O–H groups in total. The summed E-state index contributed by atoms with van der Waals surface area (Å²) in [5, 5.41) is 11.9. The number of phosphoric acid groups is 1. The van der Waals surface area contributed by atoms with Crippen LogP contribution in [0.15, 0.2) is 67.3 Å². The second-order valence-electron chi connectivity index (χ2n) is 10.5. The predicted molar refractivity (Wildman–Crippen MR) is 167 cm³/mol. The number of halogens is 3. The average Bonchev–Trinajstić information content (AvgIpc) is 3.55. The number of rotatable bonds is 15. The van der Waals surface area contributed by atoms with E-state index in [-0.39, 0.29) is 49.0 Å². The number of carbonyl (C=O) groups excluding carboxylic acids is 1. The van der Waals surface area contributed by atoms with Crippen LogP contribution in [0, 0.1) is 28.8 Å². The highest BCUT2D eigenvalue weighted by Crippen LogP contribution is 2.42. The van der Waals surface area contributed by atoms with Crippen molar-refractivity contribution in [1.82, 2.24) is 14.8 Å². The molecule has 0 saturated carbocycles. The van der Waals surface area contributed by atoms with E-state index in [9.17, 15) is 18.1 Å². The van der Waals surface area contributed by atoms with E-state index in [2.05, 4.69) is 14.6 Å². The number of ether oxygens (including phenoxy) is 3. The summed E-state index contributed by atoms with van der Waals surface area (Å²) in [6, 6.07) is 8.94. The zero-order valence-electron chi connectivity index (χ0n) is 25.5. The van der Waals surface area contributed by atoms with E-state index < -0.39 is 55.0 Å². The molecule has 48 heavy (non-hydrogen) atoms. The summed E-state index contributed by atoms with van der Waals surface area (Å²) in [5.41, 5.74) is -1.37. The van der Waals surface area contributed by atoms with Gasteiger partial charge in [0.15, 0.2) is 11.9 Å². The minimum atomic E-state index is -4.74. The molecule has 4 rings (SSSR count). The third-order valence-electron chi connectivity index (χ3n) is 7.06. The van der Waals surface area contributed by atoms with E-state index in [1.165, 1.54) is 53.4 Å². The van der Waals surface area contributed by atoms with E-state index in [0.717, 1.165) is 12.1 Å². The Morgan fingerprint density at radius 1 is 1.21 bits per heavy atom. The van der Waals surface area contributed by atoms with Crippen LogP contribution in [0.4, 0.5) is 13.2 Å². The van der Waals surface area contributed by atoms with Gasteiger partial charge in [-0.25, -0.2) is 27.4 Å². The number of hydrogen-bond acceptors (Lipinski definition) is 10. The molecule has 0 bridgehead atoms. The van der Waals surface area contributed by atoms with Crippen molar-refractivity contribution in [3.8, 4) is 6.07 Å². The van der Waals surface area contributed by atoms with Gasteiger partial charge in [-0.3, -0.25) is 9.32 Å². The molecule has 1 fully saturated rings. The molecule has 2 aromatic carbocycles. The summed E-state index contributed by atoms with van der Waals surface area (Å²) < 4.78 is 78.0. The van der Waals surface area contributed by atoms with Crippen LogP contribution in [0.2, 0.25) is 0 Å². The van der Waals surface area contributed by atoms with Gasteiger partial charge in [0.25, 0.3) is 0 Å². The Labute approximate surface area is 278 Å². The van der Waals surface area contributed by atoms with Crippen molar-refractivity contribution in [1.29, 1.82) is 5.26 Å². The number of benzene rings is 2. The molecule has 3 aromatic rings. The molecule has 17 heteroatoms. The lowest BCUT2D eigenvalue weighted by Crippen LogP contribution is -2.47. The van der Waals surface area contributed by atoms with Gasteiger partial charge in [0.2, 0.25) is 0 Å². The molecule has 1 aromatic heterocycles. The van der Waals surface area contributed by atoms with E-state index in [4.69, 9.17) is 29.3 Å². The predicted octanol–water partition coefficient (Wildman–Crippen LogP) is 5.03. The molecular formula is C31H32F3N4O8PS. The number of aromatic nitrogens is 3. The Kier molecular flexibility index (Phi) is 13.1. The third kappa shape index (κ3) is 10.6. The van der Waals surface area contributed by atoms with Crippen LogP contribution in [-0.4, -0.2) is 67.1 Å². The summed E-state index contributed by atoms with van der Waals surface area (Å²) >= 11 is 1.28. The van der Waals surface area contributed by atoms with E-state index >= 15 is 4.39 Å². The zero-order chi connectivity index (χ0) is 34.7. The molecule has 1 aliphatic rings. The first-order chi connectivity index (χ1) is 22.9. The van der Waals surface area contributed by atoms with Gasteiger partial charge in [0.1, 0.15) is 30.1 Å². The number of allylic oxidation sites excluding steroid dienone is 2. The van der Waals surface area contributed by atoms with Crippen LogP contribution < -0.4 is 0 Å². The molecule has 0 spiro atoms. The van der Waals surface area contributed by atoms with Crippen molar-refractivity contribution in [3.63, 3.8) is 0 Å². The molecule has 0 aliphatic carbocycles. The quantitative estimate of drug-likeness (QED) is 0.0938. The lowest BCUT2D eigenvalue weighted by molar-refractivity contribution is -0.164. The molecule has 2 atom stereocenters. The molecular weight excluding hydrogens is 676 g/mol. The van der Waals surface area contributed by atoms with Crippen LogP contribution in [0.5, 0.6) is 0 Å². The first-order valence-corrected chi connectivity index (χ1v) is 17.0. The van der Waals surface area contributed by atoms with Crippen LogP contribution in [0.1, 0.15) is 36.5 Å². The van der Waals surface area contributed by atoms with Crippen LogP contribution >= 0.6 is 19.6 Å². The second kappa shape index (κ2) is 17.0. The zero-order valence-corrected chi connectivity index (χ0v) is 27.2. The van der Waals surface area contributed by atoms with Crippen molar-refractivity contribution in [3.05, 3.63) is 101 Å². The Bertz CT molecular complexity index is 1690. The monoisotopic (exact) mass is 708 g/mol. The third-order valence-corrected chi connectivity index (χ3v) is 9.03. The van der Waals surface area contributed by atoms with Gasteiger partial charge >= 0.3 is 13.8 Å². The molecule has 12 nitrogen and oxygen atoms in total. The second-order valence-corrected chi connectivity index (χ2v) is 13.4. The summed E-state index contributed by atoms with van der Waals surface area (Å²) in [4.78, 5) is 34.9. The maximum atomic E-state index is 15.5. The van der Waals surface area contributed by atoms with Gasteiger partial charge in [-0.15, -0.1) is 11.8 Å². The number of carbonyl (C=O) groups is 1. The molecule has 0 amide bonds. The number of nitriles is 1. The Balaban J connectivity index is 1.47. The highest BCUT2D eigenvalue weighted by molar-refractivity contribution is 8.00. The van der Waals surface area contributed by atoms with Crippen LogP contribution in [-0.2, 0) is 40.2 Å². The summed E-state index contributed by atoms with van der Waals surface area (Å²) in [6.07, 6.45) is 7.85. The minimum Gasteiger partial charge on any atom is -0.451 e. The standard InChI is InChI=1S/C31H32F3N4O8PS/c1-21(48-25-16-43-30(44-17-25)7-3-2-5-23-9-8-22(15-35)13-27(23)33)31(18-38-20-36-19-37-38,26-11-10-24(32)14-28(26)34)46-29(39)6-4-12-45-47(40,41)42/h2-3,5,7-11,13-14,19-21,25,30H,4,6,12,16-18H2,1H3,(H2,40,41,42)/b5-2+,7-3+/t21-,25?,30?,31-/m1/s1. The van der Waals surface area contributed by atoms with Crippen molar-refractivity contribution in [2.75, 3.05) is 19.8 Å². The van der Waals surface area contributed by atoms with Crippen molar-refractivity contribution >= 4 is 31.6 Å². The summed E-state index contributed by atoms with van der Waals surface area (Å²) in [7, 11) is -4.74. The Morgan fingerprint density at radius 2 is 1.98 bits per heavy atom. The minimum absolute atomic E-state index is 0.104. The molecule has 0 radical (unpaired) electrons. The Hall–Kier alpha value is -3.81. The van der Waals surface area contributed by atoms with E-state index in [0.29, 0.717) is 11.6 Å². The van der Waals surface area contributed by atoms with Crippen molar-refractivity contribution in [2.45, 2.75) is 48.7 Å². The van der Waals surface area contributed by atoms with Crippen molar-refractivity contribution in [2.24, 2.45) is 0 Å². The first-order valence-electron chi connectivity index (χ1n) is 14.5. The topological polar surface area (TPSA) is 166 Å². The van der Waals surface area contributed by atoms with Gasteiger partial charge in [0, 0.05) is 28.9 Å². The lowest BCUT2D eigenvalue weighted by Gasteiger charge is -2.40. The SMILES string of the molecule is C[C@@H](SC1COC(/C=C/C=C/c2ccc(C#N)cc2F)OC1)[C@@](Cn1cncn1)(OC(=O)CCCOP(=O)(O)O)c1ccc(F)cc1F. The number of thioether (sulfide) groups is 1. The number of hydrogen-bond donors (Lipinski definition) is 2. The smallest absolute Gasteiger partial charge is 0.451 e. The van der Waals surface area contributed by atoms with Crippen LogP contribution in [0.25, 0.3) is 6.08 Å². The number of esters is 1. The number of nitrogens with zero attached hydrogens (tertiary/aromatic N) is 4. The van der Waals surface area contributed by atoms with E-state index in [1.807, 2.05) is 6.07 Å². The maximum absolute atomic E-state index is 15.5. The summed E-state index contributed by atoms with van der Waals surface area (Å²) in [6.45, 7) is 1.45.